The molecule has 0 aliphatic carbocycles. The Kier molecular flexibility index (Phi) is 4.01. The van der Waals surface area contributed by atoms with Gasteiger partial charge in [0.15, 0.2) is 0 Å². The highest BCUT2D eigenvalue weighted by molar-refractivity contribution is 7.89. The third-order valence-corrected chi connectivity index (χ3v) is 3.79. The summed E-state index contributed by atoms with van der Waals surface area (Å²) < 4.78 is 59.4. The highest BCUT2D eigenvalue weighted by Gasteiger charge is 2.48. The maximum atomic E-state index is 12.2. The Bertz CT molecular complexity index is 593. The molecular weight excluding hydrogens is 285 g/mol. The van der Waals surface area contributed by atoms with Crippen LogP contribution in [0.15, 0.2) is 35.7 Å². The molecule has 5 nitrogen and oxygen atoms in total. The summed E-state index contributed by atoms with van der Waals surface area (Å²) in [5.74, 6) is 0.0954. The lowest BCUT2D eigenvalue weighted by atomic mass is 10.2. The van der Waals surface area contributed by atoms with Crippen molar-refractivity contribution in [3.63, 3.8) is 0 Å². The zero-order valence-corrected chi connectivity index (χ0v) is 10.3. The van der Waals surface area contributed by atoms with Crippen LogP contribution < -0.4 is 5.84 Å². The van der Waals surface area contributed by atoms with Crippen molar-refractivity contribution in [2.75, 3.05) is 0 Å². The second-order valence-corrected chi connectivity index (χ2v) is 5.29. The molecule has 0 aromatic heterocycles. The maximum absolute atomic E-state index is 12.2. The molecule has 1 rings (SSSR count). The summed E-state index contributed by atoms with van der Waals surface area (Å²) in [4.78, 5) is 10.4. The lowest BCUT2D eigenvalue weighted by molar-refractivity contribution is -0.514. The molecule has 0 spiro atoms. The van der Waals surface area contributed by atoms with Crippen LogP contribution in [0.25, 0.3) is 6.08 Å². The molecule has 0 unspecified atom stereocenters. The molecule has 0 saturated carbocycles. The summed E-state index contributed by atoms with van der Waals surface area (Å²) in [7, 11) is -4.63. The molecule has 0 saturated heterocycles. The lowest BCUT2D eigenvalue weighted by Gasteiger charge is -2.14. The highest BCUT2D eigenvalue weighted by Crippen LogP contribution is 2.21. The molecule has 0 aliphatic rings. The van der Waals surface area contributed by atoms with Crippen molar-refractivity contribution in [3.05, 3.63) is 36.4 Å². The molecule has 0 bridgehead atoms. The van der Waals surface area contributed by atoms with E-state index in [-0.39, 0.29) is 0 Å². The Labute approximate surface area is 107 Å². The number of hydrogen-bond acceptors (Lipinski definition) is 3. The van der Waals surface area contributed by atoms with Crippen LogP contribution in [0, 0.1) is 0 Å². The summed E-state index contributed by atoms with van der Waals surface area (Å²) in [6.07, 6.45) is -3.88. The molecule has 1 aromatic carbocycles. The Morgan fingerprint density at radius 1 is 1.26 bits per heavy atom. The van der Waals surface area contributed by atoms with Crippen LogP contribution in [0.2, 0.25) is 0 Å². The van der Waals surface area contributed by atoms with Crippen LogP contribution in [-0.4, -0.2) is 24.9 Å². The van der Waals surface area contributed by atoms with E-state index in [4.69, 9.17) is 0 Å². The van der Waals surface area contributed by atoms with Gasteiger partial charge in [0.25, 0.3) is 0 Å². The fourth-order valence-electron chi connectivity index (χ4n) is 1.15. The molecular formula is C10H10F3N2O3S+. The summed E-state index contributed by atoms with van der Waals surface area (Å²) in [5, 5.41) is 0. The number of quaternary nitrogens is 1. The van der Waals surface area contributed by atoms with Gasteiger partial charge in [-0.1, -0.05) is 29.2 Å². The molecule has 0 aliphatic heterocycles. The number of alkyl halides is 3. The van der Waals surface area contributed by atoms with Crippen molar-refractivity contribution in [3.8, 4) is 0 Å². The van der Waals surface area contributed by atoms with Crippen molar-refractivity contribution < 1.29 is 32.2 Å². The van der Waals surface area contributed by atoms with Gasteiger partial charge in [-0.15, -0.1) is 0 Å². The number of carbonyl (C=O) groups is 1. The largest absolute Gasteiger partial charge is 0.477 e. The number of hydrogen-bond donors (Lipinski definition) is 1. The summed E-state index contributed by atoms with van der Waals surface area (Å²) >= 11 is 0. The van der Waals surface area contributed by atoms with Gasteiger partial charge in [-0.2, -0.15) is 21.6 Å². The van der Waals surface area contributed by atoms with Gasteiger partial charge in [-0.05, 0) is 17.7 Å². The fraction of sp³-hybridized carbons (Fsp3) is 0.100. The van der Waals surface area contributed by atoms with E-state index >= 15 is 0 Å². The molecule has 9 heteroatoms. The number of amides is 1. The number of nitrogens with zero attached hydrogens (tertiary/aromatic N) is 1. The number of benzene rings is 1. The monoisotopic (exact) mass is 295 g/mol. The normalized spacial score (nSPS) is 12.0. The Balaban J connectivity index is 3.16. The first kappa shape index (κ1) is 15.2. The molecule has 1 amide bonds. The van der Waals surface area contributed by atoms with Crippen molar-refractivity contribution >= 4 is 22.0 Å². The number of sulfonamides is 1. The molecule has 0 heterocycles. The van der Waals surface area contributed by atoms with Gasteiger partial charge in [0.05, 0.1) is 4.90 Å². The Hall–Kier alpha value is -1.87. The van der Waals surface area contributed by atoms with Crippen LogP contribution >= 0.6 is 0 Å². The lowest BCUT2D eigenvalue weighted by Crippen LogP contribution is -2.73. The van der Waals surface area contributed by atoms with Crippen molar-refractivity contribution in [1.82, 2.24) is 4.41 Å². The van der Waals surface area contributed by atoms with Crippen LogP contribution in [0.3, 0.4) is 0 Å². The number of halogens is 3. The average molecular weight is 295 g/mol. The van der Waals surface area contributed by atoms with Gasteiger partial charge in [0.2, 0.25) is 0 Å². The number of rotatable bonds is 3. The van der Waals surface area contributed by atoms with Gasteiger partial charge in [0.1, 0.15) is 0 Å². The molecule has 19 heavy (non-hydrogen) atoms. The van der Waals surface area contributed by atoms with Crippen molar-refractivity contribution in [2.45, 2.75) is 11.1 Å². The van der Waals surface area contributed by atoms with E-state index < -0.39 is 31.4 Å². The first-order valence-electron chi connectivity index (χ1n) is 4.80. The van der Waals surface area contributed by atoms with E-state index in [1.54, 1.807) is 0 Å². The van der Waals surface area contributed by atoms with Gasteiger partial charge in [-0.3, -0.25) is 4.79 Å². The van der Waals surface area contributed by atoms with E-state index in [9.17, 15) is 26.4 Å². The Morgan fingerprint density at radius 3 is 2.11 bits per heavy atom. The first-order chi connectivity index (χ1) is 8.60. The second kappa shape index (κ2) is 5.02. The van der Waals surface area contributed by atoms with Crippen molar-refractivity contribution in [1.29, 1.82) is 0 Å². The van der Waals surface area contributed by atoms with E-state index in [2.05, 4.69) is 12.4 Å². The molecule has 0 radical (unpaired) electrons. The minimum absolute atomic E-state index is 0.467. The van der Waals surface area contributed by atoms with E-state index in [0.717, 1.165) is 12.1 Å². The molecule has 0 atom stereocenters. The highest BCUT2D eigenvalue weighted by atomic mass is 32.2. The van der Waals surface area contributed by atoms with Crippen LogP contribution in [-0.2, 0) is 14.8 Å². The molecule has 104 valence electrons. The summed E-state index contributed by atoms with van der Waals surface area (Å²) in [6.45, 7) is 3.44. The van der Waals surface area contributed by atoms with Gasteiger partial charge in [0, 0.05) is 0 Å². The zero-order valence-electron chi connectivity index (χ0n) is 9.52. The van der Waals surface area contributed by atoms with E-state index in [1.165, 1.54) is 18.2 Å². The van der Waals surface area contributed by atoms with Gasteiger partial charge < -0.3 is 0 Å². The van der Waals surface area contributed by atoms with Crippen molar-refractivity contribution in [2.24, 2.45) is 0 Å². The van der Waals surface area contributed by atoms with Gasteiger partial charge >= 0.3 is 22.1 Å². The SMILES string of the molecule is C=Cc1ccc(S(=O)(=O)N([NH3+])C(=O)C(F)(F)F)cc1. The summed E-state index contributed by atoms with van der Waals surface area (Å²) in [6, 6.07) is 4.81. The minimum atomic E-state index is -5.31. The third-order valence-electron chi connectivity index (χ3n) is 2.17. The maximum Gasteiger partial charge on any atom is 0.477 e. The Morgan fingerprint density at radius 2 is 1.74 bits per heavy atom. The fourth-order valence-corrected chi connectivity index (χ4v) is 2.21. The van der Waals surface area contributed by atoms with Gasteiger partial charge in [-0.25, -0.2) is 5.84 Å². The van der Waals surface area contributed by atoms with E-state index in [0.29, 0.717) is 5.56 Å². The minimum Gasteiger partial charge on any atom is -0.258 e. The molecule has 0 fully saturated rings. The average Bonchev–Trinajstić information content (AvgIpc) is 2.35. The van der Waals surface area contributed by atoms with Crippen LogP contribution in [0.5, 0.6) is 0 Å². The smallest absolute Gasteiger partial charge is 0.258 e. The predicted octanol–water partition coefficient (Wildman–Crippen LogP) is 0.566. The topological polar surface area (TPSA) is 82.1 Å². The molecule has 1 aromatic rings. The number of carbonyl (C=O) groups excluding carboxylic acids is 1. The molecule has 3 N–H and O–H groups in total. The second-order valence-electron chi connectivity index (χ2n) is 3.43. The quantitative estimate of drug-likeness (QED) is 0.827. The standard InChI is InChI=1S/C10H9F3N2O3S/c1-2-7-3-5-8(6-4-7)19(17,18)15(14)9(16)10(11,12)13/h2-6H,1,14H2/p+1. The third kappa shape index (κ3) is 3.12. The van der Waals surface area contributed by atoms with Crippen LogP contribution in [0.4, 0.5) is 13.2 Å². The van der Waals surface area contributed by atoms with E-state index in [1.807, 2.05) is 0 Å². The first-order valence-corrected chi connectivity index (χ1v) is 6.24. The predicted molar refractivity (Wildman–Crippen MR) is 59.5 cm³/mol. The van der Waals surface area contributed by atoms with Crippen LogP contribution in [0.1, 0.15) is 5.56 Å². The zero-order chi connectivity index (χ0) is 14.8. The summed E-state index contributed by atoms with van der Waals surface area (Å²) in [5.41, 5.74) is 0.580.